The van der Waals surface area contributed by atoms with Crippen molar-refractivity contribution in [1.29, 1.82) is 0 Å². The molecule has 1 amide bonds. The second-order valence-electron chi connectivity index (χ2n) is 5.76. The van der Waals surface area contributed by atoms with Crippen LogP contribution in [-0.4, -0.2) is 39.3 Å². The molecule has 1 aromatic carbocycles. The molecule has 3 N–H and O–H groups in total. The number of hydrogen-bond donors (Lipinski definition) is 3. The zero-order valence-electron chi connectivity index (χ0n) is 14.2. The van der Waals surface area contributed by atoms with Gasteiger partial charge in [0.1, 0.15) is 6.04 Å². The number of halogens is 1. The van der Waals surface area contributed by atoms with Crippen LogP contribution in [0.3, 0.4) is 0 Å². The van der Waals surface area contributed by atoms with Crippen LogP contribution in [0.4, 0.5) is 0 Å². The van der Waals surface area contributed by atoms with Crippen LogP contribution in [0.15, 0.2) is 28.8 Å². The number of aromatic amines is 1. The van der Waals surface area contributed by atoms with Crippen molar-refractivity contribution in [1.82, 2.24) is 31.0 Å². The van der Waals surface area contributed by atoms with Gasteiger partial charge < -0.3 is 15.2 Å². The predicted octanol–water partition coefficient (Wildman–Crippen LogP) is 2.01. The Hall–Kier alpha value is -2.45. The highest BCUT2D eigenvalue weighted by atomic mass is 35.5. The maximum Gasteiger partial charge on any atom is 0.273 e. The van der Waals surface area contributed by atoms with E-state index in [1.807, 2.05) is 38.2 Å². The number of likely N-dealkylation sites (N-methyl/N-ethyl adjacent to an activating group) is 1. The molecule has 0 aliphatic carbocycles. The Kier molecular flexibility index (Phi) is 6.11. The standard InChI is InChI=1S/C16H20N6O2.ClH/c1-9(17-3)8-13-19-16(24-22-13)10(2)18-15(23)14-11-6-4-5-7-12(11)20-21-14;/h4-7,9-10,17H,8H2,1-3H3,(H,18,23)(H,20,21);1H. The van der Waals surface area contributed by atoms with Crippen LogP contribution in [0.25, 0.3) is 10.9 Å². The quantitative estimate of drug-likeness (QED) is 0.617. The summed E-state index contributed by atoms with van der Waals surface area (Å²) in [5, 5.41) is 17.6. The number of carbonyl (C=O) groups excluding carboxylic acids is 1. The Morgan fingerprint density at radius 1 is 1.32 bits per heavy atom. The fourth-order valence-corrected chi connectivity index (χ4v) is 2.37. The van der Waals surface area contributed by atoms with Gasteiger partial charge in [-0.1, -0.05) is 23.4 Å². The van der Waals surface area contributed by atoms with Crippen molar-refractivity contribution >= 4 is 29.2 Å². The Morgan fingerprint density at radius 3 is 2.84 bits per heavy atom. The number of aromatic nitrogens is 4. The fourth-order valence-electron chi connectivity index (χ4n) is 2.37. The maximum absolute atomic E-state index is 12.4. The minimum atomic E-state index is -0.404. The molecular weight excluding hydrogens is 344 g/mol. The van der Waals surface area contributed by atoms with E-state index < -0.39 is 6.04 Å². The molecule has 2 unspecified atom stereocenters. The molecule has 0 bridgehead atoms. The van der Waals surface area contributed by atoms with E-state index in [1.54, 1.807) is 6.92 Å². The molecule has 25 heavy (non-hydrogen) atoms. The van der Waals surface area contributed by atoms with Crippen molar-refractivity contribution < 1.29 is 9.32 Å². The molecule has 0 fully saturated rings. The molecule has 2 aromatic heterocycles. The van der Waals surface area contributed by atoms with Gasteiger partial charge in [0.2, 0.25) is 5.89 Å². The van der Waals surface area contributed by atoms with Crippen LogP contribution in [0.5, 0.6) is 0 Å². The van der Waals surface area contributed by atoms with Gasteiger partial charge in [-0.15, -0.1) is 12.4 Å². The highest BCUT2D eigenvalue weighted by Gasteiger charge is 2.20. The van der Waals surface area contributed by atoms with Gasteiger partial charge in [0.05, 0.1) is 5.52 Å². The fraction of sp³-hybridized carbons (Fsp3) is 0.375. The zero-order valence-corrected chi connectivity index (χ0v) is 15.1. The summed E-state index contributed by atoms with van der Waals surface area (Å²) in [5.74, 6) is 0.697. The summed E-state index contributed by atoms with van der Waals surface area (Å²) in [6.45, 7) is 3.83. The SMILES string of the molecule is CNC(C)Cc1noc(C(C)NC(=O)c2n[nH]c3ccccc23)n1.Cl. The number of hydrogen-bond acceptors (Lipinski definition) is 6. The Morgan fingerprint density at radius 2 is 2.08 bits per heavy atom. The van der Waals surface area contributed by atoms with Crippen molar-refractivity contribution in [3.63, 3.8) is 0 Å². The lowest BCUT2D eigenvalue weighted by Crippen LogP contribution is -2.27. The van der Waals surface area contributed by atoms with Crippen LogP contribution in [0.1, 0.15) is 42.1 Å². The van der Waals surface area contributed by atoms with Crippen molar-refractivity contribution in [2.24, 2.45) is 0 Å². The highest BCUT2D eigenvalue weighted by molar-refractivity contribution is 6.04. The molecule has 0 spiro atoms. The Bertz CT molecular complexity index is 846. The Labute approximate surface area is 151 Å². The number of nitrogens with zero attached hydrogens (tertiary/aromatic N) is 3. The third-order valence-electron chi connectivity index (χ3n) is 3.87. The lowest BCUT2D eigenvalue weighted by Gasteiger charge is -2.08. The molecule has 0 aliphatic heterocycles. The van der Waals surface area contributed by atoms with E-state index in [0.717, 1.165) is 10.9 Å². The van der Waals surface area contributed by atoms with Gasteiger partial charge >= 0.3 is 0 Å². The molecule has 3 rings (SSSR count). The van der Waals surface area contributed by atoms with E-state index in [4.69, 9.17) is 4.52 Å². The average Bonchev–Trinajstić information content (AvgIpc) is 3.21. The summed E-state index contributed by atoms with van der Waals surface area (Å²) in [7, 11) is 1.88. The topological polar surface area (TPSA) is 109 Å². The predicted molar refractivity (Wildman–Crippen MR) is 95.7 cm³/mol. The number of rotatable bonds is 6. The molecule has 2 atom stereocenters. The summed E-state index contributed by atoms with van der Waals surface area (Å²) in [4.78, 5) is 16.8. The van der Waals surface area contributed by atoms with E-state index >= 15 is 0 Å². The molecule has 0 saturated heterocycles. The molecular formula is C16H21ClN6O2. The minimum absolute atomic E-state index is 0. The second kappa shape index (κ2) is 8.09. The van der Waals surface area contributed by atoms with Crippen LogP contribution in [0, 0.1) is 0 Å². The lowest BCUT2D eigenvalue weighted by molar-refractivity contribution is 0.0929. The number of amides is 1. The first-order valence-corrected chi connectivity index (χ1v) is 7.82. The van der Waals surface area contributed by atoms with Crippen molar-refractivity contribution in [2.45, 2.75) is 32.4 Å². The number of benzene rings is 1. The summed E-state index contributed by atoms with van der Waals surface area (Å²) in [6.07, 6.45) is 0.657. The normalized spacial score (nSPS) is 13.2. The molecule has 0 saturated carbocycles. The van der Waals surface area contributed by atoms with E-state index in [0.29, 0.717) is 23.8 Å². The van der Waals surface area contributed by atoms with Crippen LogP contribution in [0.2, 0.25) is 0 Å². The van der Waals surface area contributed by atoms with Gasteiger partial charge in [-0.25, -0.2) is 0 Å². The van der Waals surface area contributed by atoms with Gasteiger partial charge in [-0.05, 0) is 27.0 Å². The van der Waals surface area contributed by atoms with E-state index in [2.05, 4.69) is 31.0 Å². The first-order chi connectivity index (χ1) is 11.6. The summed E-state index contributed by atoms with van der Waals surface area (Å²) in [5.41, 5.74) is 1.16. The van der Waals surface area contributed by atoms with E-state index in [1.165, 1.54) is 0 Å². The molecule has 8 nitrogen and oxygen atoms in total. The number of para-hydroxylation sites is 1. The number of fused-ring (bicyclic) bond motifs is 1. The maximum atomic E-state index is 12.4. The van der Waals surface area contributed by atoms with Crippen molar-refractivity contribution in [3.05, 3.63) is 41.7 Å². The van der Waals surface area contributed by atoms with Crippen molar-refractivity contribution in [3.8, 4) is 0 Å². The molecule has 0 radical (unpaired) electrons. The molecule has 9 heteroatoms. The first-order valence-electron chi connectivity index (χ1n) is 7.82. The summed E-state index contributed by atoms with van der Waals surface area (Å²) >= 11 is 0. The minimum Gasteiger partial charge on any atom is -0.339 e. The van der Waals surface area contributed by atoms with Crippen LogP contribution in [-0.2, 0) is 6.42 Å². The largest absolute Gasteiger partial charge is 0.339 e. The van der Waals surface area contributed by atoms with Gasteiger partial charge in [0.25, 0.3) is 5.91 Å². The van der Waals surface area contributed by atoms with Gasteiger partial charge in [-0.2, -0.15) is 10.1 Å². The van der Waals surface area contributed by atoms with E-state index in [9.17, 15) is 4.79 Å². The van der Waals surface area contributed by atoms with Crippen LogP contribution >= 0.6 is 12.4 Å². The number of nitrogens with one attached hydrogen (secondary N) is 3. The third-order valence-corrected chi connectivity index (χ3v) is 3.87. The first kappa shape index (κ1) is 18.9. The van der Waals surface area contributed by atoms with Gasteiger partial charge in [0, 0.05) is 17.8 Å². The number of H-pyrrole nitrogens is 1. The van der Waals surface area contributed by atoms with Gasteiger partial charge in [0.15, 0.2) is 11.5 Å². The molecule has 0 aliphatic rings. The Balaban J connectivity index is 0.00000225. The summed E-state index contributed by atoms with van der Waals surface area (Å²) in [6, 6.07) is 7.32. The molecule has 2 heterocycles. The number of carbonyl (C=O) groups is 1. The van der Waals surface area contributed by atoms with Crippen molar-refractivity contribution in [2.75, 3.05) is 7.05 Å². The second-order valence-corrected chi connectivity index (χ2v) is 5.76. The van der Waals surface area contributed by atoms with E-state index in [-0.39, 0.29) is 24.4 Å². The van der Waals surface area contributed by atoms with Gasteiger partial charge in [-0.3, -0.25) is 9.89 Å². The zero-order chi connectivity index (χ0) is 17.1. The summed E-state index contributed by atoms with van der Waals surface area (Å²) < 4.78 is 5.25. The third kappa shape index (κ3) is 4.15. The lowest BCUT2D eigenvalue weighted by atomic mass is 10.2. The smallest absolute Gasteiger partial charge is 0.273 e. The van der Waals surface area contributed by atoms with Crippen LogP contribution < -0.4 is 10.6 Å². The highest BCUT2D eigenvalue weighted by Crippen LogP contribution is 2.17. The molecule has 134 valence electrons. The average molecular weight is 365 g/mol. The molecule has 3 aromatic rings. The monoisotopic (exact) mass is 364 g/mol.